The van der Waals surface area contributed by atoms with E-state index in [4.69, 9.17) is 10.2 Å². The minimum atomic E-state index is -0.812. The molecule has 0 spiro atoms. The zero-order valence-corrected chi connectivity index (χ0v) is 10.6. The number of hydrogen-bond acceptors (Lipinski definition) is 4. The molecule has 0 heterocycles. The summed E-state index contributed by atoms with van der Waals surface area (Å²) in [5, 5.41) is 23.7. The van der Waals surface area contributed by atoms with E-state index in [-0.39, 0.29) is 31.2 Å². The number of hydrogen-bond donors (Lipinski definition) is 4. The van der Waals surface area contributed by atoms with Crippen LogP contribution in [0.3, 0.4) is 0 Å². The van der Waals surface area contributed by atoms with Crippen LogP contribution in [0.5, 0.6) is 0 Å². The number of nitrogens with one attached hydrogen (secondary N) is 2. The highest BCUT2D eigenvalue weighted by molar-refractivity contribution is 5.78. The molecule has 0 fully saturated rings. The fraction of sp³-hybridized carbons (Fsp3) is 0.909. The third-order valence-corrected chi connectivity index (χ3v) is 2.74. The van der Waals surface area contributed by atoms with Gasteiger partial charge in [-0.05, 0) is 27.2 Å². The van der Waals surface area contributed by atoms with E-state index in [0.717, 1.165) is 6.42 Å². The van der Waals surface area contributed by atoms with E-state index in [1.807, 2.05) is 20.8 Å². The van der Waals surface area contributed by atoms with Gasteiger partial charge in [0.2, 0.25) is 5.91 Å². The topological polar surface area (TPSA) is 81.6 Å². The van der Waals surface area contributed by atoms with Crippen molar-refractivity contribution in [2.24, 2.45) is 0 Å². The summed E-state index contributed by atoms with van der Waals surface area (Å²) in [7, 11) is 0. The van der Waals surface area contributed by atoms with Crippen molar-refractivity contribution in [1.82, 2.24) is 10.6 Å². The van der Waals surface area contributed by atoms with Crippen molar-refractivity contribution in [3.63, 3.8) is 0 Å². The molecule has 5 nitrogen and oxygen atoms in total. The zero-order valence-electron chi connectivity index (χ0n) is 10.6. The van der Waals surface area contributed by atoms with E-state index >= 15 is 0 Å². The number of carbonyl (C=O) groups excluding carboxylic acids is 1. The molecule has 0 radical (unpaired) electrons. The van der Waals surface area contributed by atoms with Crippen LogP contribution in [0.4, 0.5) is 0 Å². The zero-order chi connectivity index (χ0) is 12.8. The molecular formula is C11H24N2O3. The summed E-state index contributed by atoms with van der Waals surface area (Å²) >= 11 is 0. The minimum absolute atomic E-state index is 0.0844. The van der Waals surface area contributed by atoms with Gasteiger partial charge in [-0.25, -0.2) is 0 Å². The maximum absolute atomic E-state index is 11.6. The highest BCUT2D eigenvalue weighted by Gasteiger charge is 2.24. The highest BCUT2D eigenvalue weighted by atomic mass is 16.3. The van der Waals surface area contributed by atoms with Gasteiger partial charge in [0.1, 0.15) is 0 Å². The lowest BCUT2D eigenvalue weighted by atomic mass is 10.0. The Hall–Kier alpha value is -0.650. The van der Waals surface area contributed by atoms with Crippen LogP contribution >= 0.6 is 0 Å². The van der Waals surface area contributed by atoms with Gasteiger partial charge in [-0.2, -0.15) is 0 Å². The summed E-state index contributed by atoms with van der Waals surface area (Å²) in [4.78, 5) is 11.6. The van der Waals surface area contributed by atoms with Gasteiger partial charge in [0.25, 0.3) is 0 Å². The van der Waals surface area contributed by atoms with Gasteiger partial charge in [-0.3, -0.25) is 10.1 Å². The first kappa shape index (κ1) is 15.3. The van der Waals surface area contributed by atoms with Crippen molar-refractivity contribution in [1.29, 1.82) is 0 Å². The SMILES string of the molecule is CCC(C)(C)NC(=O)CNC(C)(CO)CO. The van der Waals surface area contributed by atoms with Crippen molar-refractivity contribution in [3.05, 3.63) is 0 Å². The Labute approximate surface area is 97.2 Å². The molecule has 0 aliphatic carbocycles. The van der Waals surface area contributed by atoms with Crippen LogP contribution < -0.4 is 10.6 Å². The lowest BCUT2D eigenvalue weighted by Gasteiger charge is -2.28. The number of aliphatic hydroxyl groups excluding tert-OH is 2. The monoisotopic (exact) mass is 232 g/mol. The molecule has 0 aromatic rings. The first-order valence-electron chi connectivity index (χ1n) is 5.56. The second-order valence-electron chi connectivity index (χ2n) is 5.02. The average Bonchev–Trinajstić information content (AvgIpc) is 2.25. The molecule has 5 heteroatoms. The molecule has 0 bridgehead atoms. The van der Waals surface area contributed by atoms with E-state index in [0.29, 0.717) is 0 Å². The standard InChI is InChI=1S/C11H24N2O3/c1-5-10(2,3)13-9(16)6-12-11(4,7-14)8-15/h12,14-15H,5-8H2,1-4H3,(H,13,16). The maximum Gasteiger partial charge on any atom is 0.234 e. The van der Waals surface area contributed by atoms with Crippen molar-refractivity contribution >= 4 is 5.91 Å². The summed E-state index contributed by atoms with van der Waals surface area (Å²) in [6.07, 6.45) is 0.843. The van der Waals surface area contributed by atoms with Crippen molar-refractivity contribution in [2.45, 2.75) is 45.2 Å². The van der Waals surface area contributed by atoms with Crippen LogP contribution in [0.1, 0.15) is 34.1 Å². The fourth-order valence-electron chi connectivity index (χ4n) is 0.965. The van der Waals surface area contributed by atoms with Gasteiger partial charge in [-0.15, -0.1) is 0 Å². The normalized spacial score (nSPS) is 12.6. The second-order valence-corrected chi connectivity index (χ2v) is 5.02. The third-order valence-electron chi connectivity index (χ3n) is 2.74. The molecule has 0 saturated carbocycles. The van der Waals surface area contributed by atoms with Crippen molar-refractivity contribution < 1.29 is 15.0 Å². The Morgan fingerprint density at radius 1 is 1.19 bits per heavy atom. The number of amides is 1. The first-order chi connectivity index (χ1) is 7.28. The van der Waals surface area contributed by atoms with Crippen LogP contribution in [0.2, 0.25) is 0 Å². The van der Waals surface area contributed by atoms with Gasteiger partial charge in [0, 0.05) is 5.54 Å². The lowest BCUT2D eigenvalue weighted by molar-refractivity contribution is -0.122. The summed E-state index contributed by atoms with van der Waals surface area (Å²) in [5.74, 6) is -0.139. The molecule has 0 aromatic carbocycles. The molecule has 96 valence electrons. The Kier molecular flexibility index (Phi) is 5.92. The number of rotatable bonds is 7. The first-order valence-corrected chi connectivity index (χ1v) is 5.56. The Morgan fingerprint density at radius 3 is 2.06 bits per heavy atom. The molecule has 0 aromatic heterocycles. The summed E-state index contributed by atoms with van der Waals surface area (Å²) in [5.41, 5.74) is -1.04. The average molecular weight is 232 g/mol. The molecular weight excluding hydrogens is 208 g/mol. The molecule has 4 N–H and O–H groups in total. The van der Waals surface area contributed by atoms with E-state index in [1.54, 1.807) is 6.92 Å². The summed E-state index contributed by atoms with van der Waals surface area (Å²) in [6, 6.07) is 0. The number of aliphatic hydroxyl groups is 2. The van der Waals surface area contributed by atoms with Crippen LogP contribution in [0, 0.1) is 0 Å². The van der Waals surface area contributed by atoms with E-state index < -0.39 is 5.54 Å². The molecule has 16 heavy (non-hydrogen) atoms. The quantitative estimate of drug-likeness (QED) is 0.482. The lowest BCUT2D eigenvalue weighted by Crippen LogP contribution is -2.54. The smallest absolute Gasteiger partial charge is 0.234 e. The largest absolute Gasteiger partial charge is 0.394 e. The molecule has 0 unspecified atom stereocenters. The highest BCUT2D eigenvalue weighted by Crippen LogP contribution is 2.06. The molecule has 0 rings (SSSR count). The van der Waals surface area contributed by atoms with Gasteiger partial charge in [0.05, 0.1) is 25.3 Å². The summed E-state index contributed by atoms with van der Waals surface area (Å²) in [6.45, 7) is 7.21. The Bertz CT molecular complexity index is 225. The predicted molar refractivity (Wildman–Crippen MR) is 63.1 cm³/mol. The van der Waals surface area contributed by atoms with Gasteiger partial charge in [-0.1, -0.05) is 6.92 Å². The molecule has 1 amide bonds. The molecule has 0 aliphatic heterocycles. The second kappa shape index (κ2) is 6.18. The van der Waals surface area contributed by atoms with Crippen LogP contribution in [0.15, 0.2) is 0 Å². The van der Waals surface area contributed by atoms with Crippen molar-refractivity contribution in [2.75, 3.05) is 19.8 Å². The van der Waals surface area contributed by atoms with Gasteiger partial charge in [0.15, 0.2) is 0 Å². The molecule has 0 saturated heterocycles. The van der Waals surface area contributed by atoms with Crippen molar-refractivity contribution in [3.8, 4) is 0 Å². The van der Waals surface area contributed by atoms with Crippen LogP contribution in [-0.4, -0.2) is 47.0 Å². The Morgan fingerprint density at radius 2 is 1.69 bits per heavy atom. The summed E-state index contributed by atoms with van der Waals surface area (Å²) < 4.78 is 0. The van der Waals surface area contributed by atoms with Gasteiger partial charge < -0.3 is 15.5 Å². The molecule has 0 aliphatic rings. The maximum atomic E-state index is 11.6. The Balaban J connectivity index is 4.08. The van der Waals surface area contributed by atoms with Gasteiger partial charge >= 0.3 is 0 Å². The van der Waals surface area contributed by atoms with E-state index in [1.165, 1.54) is 0 Å². The van der Waals surface area contributed by atoms with Crippen LogP contribution in [-0.2, 0) is 4.79 Å². The van der Waals surface area contributed by atoms with Crippen LogP contribution in [0.25, 0.3) is 0 Å². The van der Waals surface area contributed by atoms with E-state index in [9.17, 15) is 4.79 Å². The number of carbonyl (C=O) groups is 1. The third kappa shape index (κ3) is 5.44. The fourth-order valence-corrected chi connectivity index (χ4v) is 0.965. The van der Waals surface area contributed by atoms with E-state index in [2.05, 4.69) is 10.6 Å². The predicted octanol–water partition coefficient (Wildman–Crippen LogP) is -0.376. The minimum Gasteiger partial charge on any atom is -0.394 e. The molecule has 0 atom stereocenters.